The highest BCUT2D eigenvalue weighted by Gasteiger charge is 2.28. The Morgan fingerprint density at radius 1 is 0.963 bits per heavy atom. The van der Waals surface area contributed by atoms with Crippen molar-refractivity contribution in [3.63, 3.8) is 0 Å². The van der Waals surface area contributed by atoms with Gasteiger partial charge in [0.05, 0.1) is 19.1 Å². The molecule has 0 N–H and O–H groups in total. The number of piperazine rings is 1. The van der Waals surface area contributed by atoms with E-state index < -0.39 is 15.8 Å². The number of hydrogen-bond acceptors (Lipinski definition) is 5. The van der Waals surface area contributed by atoms with E-state index in [1.54, 1.807) is 14.2 Å². The fourth-order valence-electron chi connectivity index (χ4n) is 3.20. The summed E-state index contributed by atoms with van der Waals surface area (Å²) in [7, 11) is -0.400. The average molecular weight is 394 g/mol. The van der Waals surface area contributed by atoms with Gasteiger partial charge in [0.1, 0.15) is 5.82 Å². The van der Waals surface area contributed by atoms with Crippen molar-refractivity contribution in [3.05, 3.63) is 53.8 Å². The summed E-state index contributed by atoms with van der Waals surface area (Å²) in [6, 6.07) is 10.7. The van der Waals surface area contributed by atoms with Crippen LogP contribution in [0.25, 0.3) is 0 Å². The van der Waals surface area contributed by atoms with Gasteiger partial charge in [-0.1, -0.05) is 12.1 Å². The van der Waals surface area contributed by atoms with Crippen LogP contribution in [0.2, 0.25) is 0 Å². The van der Waals surface area contributed by atoms with Crippen LogP contribution in [-0.2, 0) is 16.6 Å². The van der Waals surface area contributed by atoms with Gasteiger partial charge in [-0.2, -0.15) is 4.31 Å². The van der Waals surface area contributed by atoms with E-state index in [2.05, 4.69) is 4.90 Å². The monoisotopic (exact) mass is 394 g/mol. The summed E-state index contributed by atoms with van der Waals surface area (Å²) in [5.74, 6) is 0.917. The van der Waals surface area contributed by atoms with Crippen LogP contribution in [0.5, 0.6) is 11.5 Å². The van der Waals surface area contributed by atoms with Crippen molar-refractivity contribution in [1.29, 1.82) is 0 Å². The highest BCUT2D eigenvalue weighted by molar-refractivity contribution is 7.89. The van der Waals surface area contributed by atoms with E-state index in [1.165, 1.54) is 16.4 Å². The normalized spacial score (nSPS) is 16.3. The van der Waals surface area contributed by atoms with E-state index in [9.17, 15) is 12.8 Å². The molecule has 1 saturated heterocycles. The van der Waals surface area contributed by atoms with Crippen molar-refractivity contribution in [3.8, 4) is 11.5 Å². The number of halogens is 1. The second kappa shape index (κ2) is 8.24. The van der Waals surface area contributed by atoms with E-state index in [0.717, 1.165) is 17.7 Å². The number of sulfonamides is 1. The standard InChI is InChI=1S/C19H23FN2O4S/c1-25-18-5-3-4-15(19(18)26-2)14-21-10-12-22(13-11-21)27(23,24)17-8-6-16(20)7-9-17/h3-9H,10-14H2,1-2H3. The van der Waals surface area contributed by atoms with Crippen LogP contribution in [0, 0.1) is 5.82 Å². The van der Waals surface area contributed by atoms with Crippen LogP contribution >= 0.6 is 0 Å². The molecule has 146 valence electrons. The van der Waals surface area contributed by atoms with Gasteiger partial charge in [-0.3, -0.25) is 4.90 Å². The summed E-state index contributed by atoms with van der Waals surface area (Å²) in [4.78, 5) is 2.29. The summed E-state index contributed by atoms with van der Waals surface area (Å²) < 4.78 is 50.7. The van der Waals surface area contributed by atoms with Crippen LogP contribution < -0.4 is 9.47 Å². The third-order valence-corrected chi connectivity index (χ3v) is 6.57. The van der Waals surface area contributed by atoms with Gasteiger partial charge in [0.2, 0.25) is 10.0 Å². The molecular weight excluding hydrogens is 371 g/mol. The van der Waals surface area contributed by atoms with Crippen molar-refractivity contribution in [2.24, 2.45) is 0 Å². The molecule has 6 nitrogen and oxygen atoms in total. The maximum absolute atomic E-state index is 13.1. The lowest BCUT2D eigenvalue weighted by Crippen LogP contribution is -2.48. The molecule has 0 spiro atoms. The summed E-state index contributed by atoms with van der Waals surface area (Å²) in [6.45, 7) is 2.60. The molecule has 27 heavy (non-hydrogen) atoms. The first-order chi connectivity index (χ1) is 13.0. The fourth-order valence-corrected chi connectivity index (χ4v) is 4.62. The molecular formula is C19H23FN2O4S. The highest BCUT2D eigenvalue weighted by Crippen LogP contribution is 2.31. The van der Waals surface area contributed by atoms with Gasteiger partial charge in [-0.25, -0.2) is 12.8 Å². The van der Waals surface area contributed by atoms with Crippen LogP contribution in [-0.4, -0.2) is 58.0 Å². The summed E-state index contributed by atoms with van der Waals surface area (Å²) >= 11 is 0. The molecule has 1 heterocycles. The van der Waals surface area contributed by atoms with E-state index >= 15 is 0 Å². The Morgan fingerprint density at radius 2 is 1.63 bits per heavy atom. The molecule has 0 aliphatic carbocycles. The van der Waals surface area contributed by atoms with E-state index in [1.807, 2.05) is 18.2 Å². The van der Waals surface area contributed by atoms with Gasteiger partial charge >= 0.3 is 0 Å². The Morgan fingerprint density at radius 3 is 2.22 bits per heavy atom. The van der Waals surface area contributed by atoms with Crippen molar-refractivity contribution >= 4 is 10.0 Å². The van der Waals surface area contributed by atoms with Crippen LogP contribution in [0.3, 0.4) is 0 Å². The number of ether oxygens (including phenoxy) is 2. The molecule has 8 heteroatoms. The molecule has 0 atom stereocenters. The first kappa shape index (κ1) is 19.6. The first-order valence-corrected chi connectivity index (χ1v) is 10.1. The molecule has 1 aliphatic heterocycles. The lowest BCUT2D eigenvalue weighted by molar-refractivity contribution is 0.179. The molecule has 0 aromatic heterocycles. The zero-order valence-corrected chi connectivity index (χ0v) is 16.2. The second-order valence-electron chi connectivity index (χ2n) is 6.29. The number of para-hydroxylation sites is 1. The van der Waals surface area contributed by atoms with Gasteiger partial charge in [-0.05, 0) is 30.3 Å². The van der Waals surface area contributed by atoms with Crippen molar-refractivity contribution < 1.29 is 22.3 Å². The number of methoxy groups -OCH3 is 2. The summed E-state index contributed by atoms with van der Waals surface area (Å²) in [5.41, 5.74) is 0.992. The van der Waals surface area contributed by atoms with E-state index in [0.29, 0.717) is 44.2 Å². The van der Waals surface area contributed by atoms with E-state index in [4.69, 9.17) is 9.47 Å². The molecule has 1 aliphatic rings. The first-order valence-electron chi connectivity index (χ1n) is 8.63. The fraction of sp³-hybridized carbons (Fsp3) is 0.368. The Labute approximate surface area is 159 Å². The third kappa shape index (κ3) is 4.23. The van der Waals surface area contributed by atoms with Crippen LogP contribution in [0.15, 0.2) is 47.4 Å². The summed E-state index contributed by atoms with van der Waals surface area (Å²) in [5, 5.41) is 0. The number of benzene rings is 2. The predicted molar refractivity (Wildman–Crippen MR) is 100.0 cm³/mol. The number of nitrogens with zero attached hydrogens (tertiary/aromatic N) is 2. The minimum atomic E-state index is -3.60. The van der Waals surface area contributed by atoms with Gasteiger partial charge in [-0.15, -0.1) is 0 Å². The molecule has 0 amide bonds. The average Bonchev–Trinajstić information content (AvgIpc) is 2.68. The van der Waals surface area contributed by atoms with Crippen molar-refractivity contribution in [1.82, 2.24) is 9.21 Å². The Hall–Kier alpha value is -2.16. The Kier molecular flexibility index (Phi) is 5.98. The largest absolute Gasteiger partial charge is 0.493 e. The quantitative estimate of drug-likeness (QED) is 0.753. The molecule has 0 unspecified atom stereocenters. The SMILES string of the molecule is COc1cccc(CN2CCN(S(=O)(=O)c3ccc(F)cc3)CC2)c1OC. The third-order valence-electron chi connectivity index (χ3n) is 4.66. The van der Waals surface area contributed by atoms with Crippen LogP contribution in [0.1, 0.15) is 5.56 Å². The molecule has 2 aromatic carbocycles. The lowest BCUT2D eigenvalue weighted by atomic mass is 10.1. The predicted octanol–water partition coefficient (Wildman–Crippen LogP) is 2.35. The molecule has 0 bridgehead atoms. The minimum Gasteiger partial charge on any atom is -0.493 e. The van der Waals surface area contributed by atoms with Crippen molar-refractivity contribution in [2.75, 3.05) is 40.4 Å². The summed E-state index contributed by atoms with van der Waals surface area (Å²) in [6.07, 6.45) is 0. The zero-order chi connectivity index (χ0) is 19.4. The van der Waals surface area contributed by atoms with Gasteiger partial charge in [0.15, 0.2) is 11.5 Å². The number of rotatable bonds is 6. The maximum Gasteiger partial charge on any atom is 0.243 e. The van der Waals surface area contributed by atoms with E-state index in [-0.39, 0.29) is 4.90 Å². The molecule has 0 saturated carbocycles. The van der Waals surface area contributed by atoms with Crippen molar-refractivity contribution in [2.45, 2.75) is 11.4 Å². The highest BCUT2D eigenvalue weighted by atomic mass is 32.2. The van der Waals surface area contributed by atoms with Gasteiger partial charge in [0, 0.05) is 38.3 Å². The van der Waals surface area contributed by atoms with Gasteiger partial charge < -0.3 is 9.47 Å². The lowest BCUT2D eigenvalue weighted by Gasteiger charge is -2.34. The van der Waals surface area contributed by atoms with Gasteiger partial charge in [0.25, 0.3) is 0 Å². The Bertz CT molecular complexity index is 879. The smallest absolute Gasteiger partial charge is 0.243 e. The second-order valence-corrected chi connectivity index (χ2v) is 8.22. The number of hydrogen-bond donors (Lipinski definition) is 0. The molecule has 0 radical (unpaired) electrons. The zero-order valence-electron chi connectivity index (χ0n) is 15.4. The maximum atomic E-state index is 13.1. The van der Waals surface area contributed by atoms with Crippen LogP contribution in [0.4, 0.5) is 4.39 Å². The minimum absolute atomic E-state index is 0.117. The molecule has 3 rings (SSSR count). The topological polar surface area (TPSA) is 59.1 Å². The molecule has 1 fully saturated rings. The molecule has 2 aromatic rings. The Balaban J connectivity index is 1.67.